The third-order valence-electron chi connectivity index (χ3n) is 5.01. The maximum absolute atomic E-state index is 3.50. The Morgan fingerprint density at radius 1 is 1.04 bits per heavy atom. The highest BCUT2D eigenvalue weighted by atomic mass is 32.2. The van der Waals surface area contributed by atoms with Crippen LogP contribution in [0.25, 0.3) is 0 Å². The zero-order chi connectivity index (χ0) is 16.5. The second-order valence-electron chi connectivity index (χ2n) is 6.73. The van der Waals surface area contributed by atoms with Gasteiger partial charge in [0.2, 0.25) is 0 Å². The second-order valence-corrected chi connectivity index (χ2v) is 9.92. The van der Waals surface area contributed by atoms with E-state index in [9.17, 15) is 0 Å². The predicted octanol–water partition coefficient (Wildman–Crippen LogP) is 3.58. The van der Waals surface area contributed by atoms with Crippen molar-refractivity contribution in [3.8, 4) is 0 Å². The third-order valence-corrected chi connectivity index (χ3v) is 7.42. The fraction of sp³-hybridized carbons (Fsp3) is 0.400. The molecule has 1 saturated heterocycles. The first-order chi connectivity index (χ1) is 11.7. The fourth-order valence-electron chi connectivity index (χ4n) is 3.66. The molecule has 4 heteroatoms. The summed E-state index contributed by atoms with van der Waals surface area (Å²) in [6.45, 7) is 4.49. The van der Waals surface area contributed by atoms with Crippen molar-refractivity contribution in [3.63, 3.8) is 0 Å². The van der Waals surface area contributed by atoms with E-state index >= 15 is 0 Å². The first-order valence-electron chi connectivity index (χ1n) is 8.64. The van der Waals surface area contributed by atoms with Gasteiger partial charge in [0.05, 0.1) is 0 Å². The van der Waals surface area contributed by atoms with Crippen LogP contribution < -0.4 is 5.32 Å². The minimum absolute atomic E-state index is 0.307. The van der Waals surface area contributed by atoms with Crippen molar-refractivity contribution < 1.29 is 0 Å². The van der Waals surface area contributed by atoms with Crippen LogP contribution in [-0.4, -0.2) is 43.6 Å². The predicted molar refractivity (Wildman–Crippen MR) is 105 cm³/mol. The Balaban J connectivity index is 1.80. The molecule has 1 atom stereocenters. The summed E-state index contributed by atoms with van der Waals surface area (Å²) in [5.41, 5.74) is 3.03. The van der Waals surface area contributed by atoms with Crippen molar-refractivity contribution >= 4 is 22.7 Å². The SMILES string of the molecule is C[S+](C)c1ccc2c(c1)C(N1CCNCC1)Cc1ccccc1S2. The summed E-state index contributed by atoms with van der Waals surface area (Å²) in [4.78, 5) is 7.04. The van der Waals surface area contributed by atoms with Crippen molar-refractivity contribution in [1.82, 2.24) is 10.2 Å². The van der Waals surface area contributed by atoms with Gasteiger partial charge in [-0.15, -0.1) is 0 Å². The summed E-state index contributed by atoms with van der Waals surface area (Å²) in [6, 6.07) is 16.6. The maximum atomic E-state index is 3.50. The third kappa shape index (κ3) is 3.25. The van der Waals surface area contributed by atoms with Crippen LogP contribution in [0.1, 0.15) is 17.2 Å². The van der Waals surface area contributed by atoms with Crippen LogP contribution in [0.15, 0.2) is 57.2 Å². The topological polar surface area (TPSA) is 15.3 Å². The molecule has 2 aliphatic rings. The number of nitrogens with one attached hydrogen (secondary N) is 1. The summed E-state index contributed by atoms with van der Waals surface area (Å²) in [5, 5.41) is 3.50. The van der Waals surface area contributed by atoms with Gasteiger partial charge < -0.3 is 5.32 Å². The molecule has 4 rings (SSSR count). The highest BCUT2D eigenvalue weighted by Gasteiger charge is 2.29. The van der Waals surface area contributed by atoms with Gasteiger partial charge in [-0.25, -0.2) is 0 Å². The van der Waals surface area contributed by atoms with E-state index < -0.39 is 0 Å². The minimum atomic E-state index is 0.307. The zero-order valence-electron chi connectivity index (χ0n) is 14.4. The summed E-state index contributed by atoms with van der Waals surface area (Å²) >= 11 is 1.95. The Hall–Kier alpha value is -0.940. The fourth-order valence-corrected chi connectivity index (χ4v) is 5.48. The molecular weight excluding hydrogens is 332 g/mol. The smallest absolute Gasteiger partial charge is 0.154 e. The van der Waals surface area contributed by atoms with E-state index in [2.05, 4.69) is 65.2 Å². The molecule has 0 radical (unpaired) electrons. The second kappa shape index (κ2) is 7.12. The Bertz CT molecular complexity index is 723. The van der Waals surface area contributed by atoms with Crippen LogP contribution in [0, 0.1) is 0 Å². The van der Waals surface area contributed by atoms with Crippen LogP contribution in [0.3, 0.4) is 0 Å². The van der Waals surface area contributed by atoms with Gasteiger partial charge in [0.25, 0.3) is 0 Å². The number of nitrogens with zero attached hydrogens (tertiary/aromatic N) is 1. The van der Waals surface area contributed by atoms with Gasteiger partial charge in [-0.2, -0.15) is 0 Å². The number of rotatable bonds is 2. The van der Waals surface area contributed by atoms with Crippen molar-refractivity contribution in [2.45, 2.75) is 27.1 Å². The van der Waals surface area contributed by atoms with Crippen LogP contribution in [0.2, 0.25) is 0 Å². The van der Waals surface area contributed by atoms with Crippen LogP contribution in [0.4, 0.5) is 0 Å². The van der Waals surface area contributed by atoms with Gasteiger partial charge in [0.1, 0.15) is 12.5 Å². The number of piperazine rings is 1. The van der Waals surface area contributed by atoms with Crippen molar-refractivity contribution in [3.05, 3.63) is 53.6 Å². The lowest BCUT2D eigenvalue weighted by Crippen LogP contribution is -2.45. The molecule has 2 aromatic carbocycles. The Kier molecular flexibility index (Phi) is 4.90. The molecule has 2 aromatic rings. The molecular formula is C20H25N2S2+. The van der Waals surface area contributed by atoms with Gasteiger partial charge in [-0.3, -0.25) is 4.90 Å². The largest absolute Gasteiger partial charge is 0.314 e. The monoisotopic (exact) mass is 357 g/mol. The summed E-state index contributed by atoms with van der Waals surface area (Å²) in [7, 11) is 0.307. The quantitative estimate of drug-likeness (QED) is 0.827. The number of hydrogen-bond donors (Lipinski definition) is 1. The lowest BCUT2D eigenvalue weighted by Gasteiger charge is -2.35. The van der Waals surface area contributed by atoms with Gasteiger partial charge >= 0.3 is 0 Å². The van der Waals surface area contributed by atoms with Crippen molar-refractivity contribution in [1.29, 1.82) is 0 Å². The van der Waals surface area contributed by atoms with E-state index in [0.717, 1.165) is 32.6 Å². The lowest BCUT2D eigenvalue weighted by atomic mass is 9.97. The molecule has 0 bridgehead atoms. The summed E-state index contributed by atoms with van der Waals surface area (Å²) < 4.78 is 0. The highest BCUT2D eigenvalue weighted by molar-refractivity contribution is 7.99. The molecule has 24 heavy (non-hydrogen) atoms. The van der Waals surface area contributed by atoms with Crippen LogP contribution in [0.5, 0.6) is 0 Å². The summed E-state index contributed by atoms with van der Waals surface area (Å²) in [5.74, 6) is 0. The summed E-state index contributed by atoms with van der Waals surface area (Å²) in [6.07, 6.45) is 5.76. The molecule has 0 saturated carbocycles. The molecule has 0 aromatic heterocycles. The first kappa shape index (κ1) is 16.5. The van der Waals surface area contributed by atoms with E-state index in [0.29, 0.717) is 16.9 Å². The molecule has 0 aliphatic carbocycles. The van der Waals surface area contributed by atoms with Crippen molar-refractivity contribution in [2.24, 2.45) is 0 Å². The highest BCUT2D eigenvalue weighted by Crippen LogP contribution is 2.43. The molecule has 2 heterocycles. The molecule has 2 nitrogen and oxygen atoms in total. The van der Waals surface area contributed by atoms with Crippen LogP contribution >= 0.6 is 11.8 Å². The average Bonchev–Trinajstić information content (AvgIpc) is 2.78. The average molecular weight is 358 g/mol. The molecule has 1 N–H and O–H groups in total. The number of fused-ring (bicyclic) bond motifs is 2. The number of hydrogen-bond acceptors (Lipinski definition) is 3. The molecule has 1 fully saturated rings. The Morgan fingerprint density at radius 3 is 2.62 bits per heavy atom. The molecule has 0 amide bonds. The Labute approximate surface area is 152 Å². The van der Waals surface area contributed by atoms with E-state index in [1.807, 2.05) is 11.8 Å². The molecule has 2 aliphatic heterocycles. The lowest BCUT2D eigenvalue weighted by molar-refractivity contribution is 0.170. The van der Waals surface area contributed by atoms with Crippen molar-refractivity contribution in [2.75, 3.05) is 38.7 Å². The van der Waals surface area contributed by atoms with E-state index in [4.69, 9.17) is 0 Å². The normalized spacial score (nSPS) is 21.2. The van der Waals surface area contributed by atoms with E-state index in [1.165, 1.54) is 25.8 Å². The molecule has 1 unspecified atom stereocenters. The van der Waals surface area contributed by atoms with Gasteiger partial charge in [-0.1, -0.05) is 30.0 Å². The van der Waals surface area contributed by atoms with E-state index in [-0.39, 0.29) is 0 Å². The molecule has 126 valence electrons. The Morgan fingerprint density at radius 2 is 1.83 bits per heavy atom. The van der Waals surface area contributed by atoms with E-state index in [1.54, 1.807) is 0 Å². The number of benzene rings is 2. The molecule has 0 spiro atoms. The van der Waals surface area contributed by atoms with Gasteiger partial charge in [-0.05, 0) is 41.8 Å². The standard InChI is InChI=1S/C20H25N2S2/c1-24(2)16-7-8-20-17(14-16)18(22-11-9-21-10-12-22)13-15-5-3-4-6-19(15)23-20/h3-8,14,18,21H,9-13H2,1-2H3/q+1. The van der Waals surface area contributed by atoms with Gasteiger partial charge in [0, 0.05) is 52.9 Å². The van der Waals surface area contributed by atoms with Gasteiger partial charge in [0.15, 0.2) is 4.90 Å². The van der Waals surface area contributed by atoms with Crippen LogP contribution in [-0.2, 0) is 17.3 Å². The maximum Gasteiger partial charge on any atom is 0.154 e. The zero-order valence-corrected chi connectivity index (χ0v) is 16.1. The first-order valence-corrected chi connectivity index (χ1v) is 11.5. The minimum Gasteiger partial charge on any atom is -0.314 e.